The summed E-state index contributed by atoms with van der Waals surface area (Å²) in [6.45, 7) is 0. The summed E-state index contributed by atoms with van der Waals surface area (Å²) < 4.78 is 0. The summed E-state index contributed by atoms with van der Waals surface area (Å²) in [5.74, 6) is 0. The number of rotatable bonds is 0. The number of H-pyrrole nitrogens is 1. The molecule has 0 aliphatic carbocycles. The molecule has 4 rings (SSSR count). The molecule has 2 aliphatic heterocycles. The Morgan fingerprint density at radius 2 is 1.88 bits per heavy atom. The Balaban J connectivity index is 2.25. The van der Waals surface area contributed by atoms with Gasteiger partial charge in [0.2, 0.25) is 0 Å². The van der Waals surface area contributed by atoms with Crippen molar-refractivity contribution in [1.82, 2.24) is 19.9 Å². The highest BCUT2D eigenvalue weighted by atomic mass is 14.8. The van der Waals surface area contributed by atoms with Gasteiger partial charge < -0.3 is 4.98 Å². The van der Waals surface area contributed by atoms with Crippen LogP contribution in [0, 0.1) is 0 Å². The van der Waals surface area contributed by atoms with Gasteiger partial charge in [-0.25, -0.2) is 4.98 Å². The number of hydrogen-bond donors (Lipinski definition) is 1. The van der Waals surface area contributed by atoms with Gasteiger partial charge in [0.25, 0.3) is 0 Å². The van der Waals surface area contributed by atoms with E-state index < -0.39 is 0 Å². The van der Waals surface area contributed by atoms with Crippen LogP contribution in [0.4, 0.5) is 0 Å². The molecule has 0 radical (unpaired) electrons. The molecule has 80 valence electrons. The fourth-order valence-corrected chi connectivity index (χ4v) is 2.15. The molecule has 0 atom stereocenters. The van der Waals surface area contributed by atoms with Crippen LogP contribution in [-0.2, 0) is 0 Å². The smallest absolute Gasteiger partial charge is 0.0886 e. The third kappa shape index (κ3) is 1.15. The average Bonchev–Trinajstić information content (AvgIpc) is 2.73. The van der Waals surface area contributed by atoms with Crippen molar-refractivity contribution < 1.29 is 0 Å². The van der Waals surface area contributed by atoms with Crippen molar-refractivity contribution in [3.63, 3.8) is 0 Å². The lowest BCUT2D eigenvalue weighted by molar-refractivity contribution is 1.31. The highest BCUT2D eigenvalue weighted by Gasteiger charge is 2.12. The second-order valence-corrected chi connectivity index (χ2v) is 4.00. The first-order chi connectivity index (χ1) is 8.42. The van der Waals surface area contributed by atoms with Crippen LogP contribution in [0.3, 0.4) is 0 Å². The van der Waals surface area contributed by atoms with Gasteiger partial charge in [0.05, 0.1) is 16.9 Å². The fourth-order valence-electron chi connectivity index (χ4n) is 2.15. The summed E-state index contributed by atoms with van der Waals surface area (Å²) in [4.78, 5) is 16.2. The van der Waals surface area contributed by atoms with Crippen LogP contribution < -0.4 is 0 Å². The molecule has 0 amide bonds. The summed E-state index contributed by atoms with van der Waals surface area (Å²) in [6, 6.07) is 5.93. The summed E-state index contributed by atoms with van der Waals surface area (Å²) >= 11 is 0. The number of pyridine rings is 3. The Bertz CT molecular complexity index is 797. The molecule has 0 saturated heterocycles. The van der Waals surface area contributed by atoms with Gasteiger partial charge in [-0.1, -0.05) is 0 Å². The second kappa shape index (κ2) is 3.01. The molecule has 4 heterocycles. The Morgan fingerprint density at radius 3 is 2.88 bits per heavy atom. The van der Waals surface area contributed by atoms with Gasteiger partial charge in [-0.3, -0.25) is 9.97 Å². The molecule has 0 spiro atoms. The first-order valence-corrected chi connectivity index (χ1v) is 5.38. The van der Waals surface area contributed by atoms with E-state index in [0.29, 0.717) is 0 Å². The van der Waals surface area contributed by atoms with Crippen LogP contribution in [0.1, 0.15) is 0 Å². The number of aromatic nitrogens is 4. The summed E-state index contributed by atoms with van der Waals surface area (Å²) in [6.07, 6.45) is 7.22. The van der Waals surface area contributed by atoms with Crippen molar-refractivity contribution in [3.05, 3.63) is 43.0 Å². The van der Waals surface area contributed by atoms with E-state index >= 15 is 0 Å². The van der Waals surface area contributed by atoms with Crippen LogP contribution in [0.2, 0.25) is 0 Å². The van der Waals surface area contributed by atoms with Gasteiger partial charge in [-0.15, -0.1) is 0 Å². The Morgan fingerprint density at radius 1 is 1.00 bits per heavy atom. The Hall–Kier alpha value is -2.49. The molecule has 2 aromatic rings. The van der Waals surface area contributed by atoms with E-state index in [-0.39, 0.29) is 0 Å². The van der Waals surface area contributed by atoms with Crippen LogP contribution in [0.25, 0.3) is 33.2 Å². The predicted molar refractivity (Wildman–Crippen MR) is 65.8 cm³/mol. The average molecular weight is 220 g/mol. The Labute approximate surface area is 96.7 Å². The maximum absolute atomic E-state index is 4.57. The van der Waals surface area contributed by atoms with E-state index in [1.807, 2.05) is 30.6 Å². The number of nitrogens with zero attached hydrogens (tertiary/aromatic N) is 3. The molecular formula is C13H8N4. The van der Waals surface area contributed by atoms with Crippen molar-refractivity contribution in [2.75, 3.05) is 0 Å². The number of aromatic amines is 1. The molecular weight excluding hydrogens is 212 g/mol. The van der Waals surface area contributed by atoms with E-state index in [0.717, 1.165) is 33.2 Å². The van der Waals surface area contributed by atoms with Crippen molar-refractivity contribution in [2.45, 2.75) is 0 Å². The van der Waals surface area contributed by atoms with E-state index in [1.54, 1.807) is 12.4 Å². The molecule has 17 heavy (non-hydrogen) atoms. The zero-order valence-electron chi connectivity index (χ0n) is 8.88. The van der Waals surface area contributed by atoms with Crippen molar-refractivity contribution in [3.8, 4) is 11.4 Å². The summed E-state index contributed by atoms with van der Waals surface area (Å²) in [5.41, 5.74) is 4.01. The molecule has 0 saturated carbocycles. The number of hydrogen-bond acceptors (Lipinski definition) is 3. The maximum atomic E-state index is 4.57. The molecule has 0 bridgehead atoms. The zero-order valence-corrected chi connectivity index (χ0v) is 8.88. The van der Waals surface area contributed by atoms with Gasteiger partial charge in [-0.05, 0) is 18.2 Å². The number of nitrogens with one attached hydrogen (secondary N) is 1. The third-order valence-electron chi connectivity index (χ3n) is 2.97. The van der Waals surface area contributed by atoms with Crippen molar-refractivity contribution in [2.24, 2.45) is 0 Å². The van der Waals surface area contributed by atoms with Crippen molar-refractivity contribution >= 4 is 21.8 Å². The number of fused-ring (bicyclic) bond motifs is 4. The maximum Gasteiger partial charge on any atom is 0.0886 e. The molecule has 4 heteroatoms. The van der Waals surface area contributed by atoms with Gasteiger partial charge in [-0.2, -0.15) is 0 Å². The monoisotopic (exact) mass is 220 g/mol. The standard InChI is InChI=1S/C13H8N4/c1-3-14-6-8-5-12-13(17-10(1)8)9-7-15-4-2-11(9)16-12/h1-7,17H. The fraction of sp³-hybridized carbons (Fsp3) is 0. The first-order valence-electron chi connectivity index (χ1n) is 5.38. The van der Waals surface area contributed by atoms with Crippen LogP contribution in [0.15, 0.2) is 43.0 Å². The van der Waals surface area contributed by atoms with E-state index in [2.05, 4.69) is 19.9 Å². The molecule has 0 aromatic carbocycles. The molecule has 1 N–H and O–H groups in total. The van der Waals surface area contributed by atoms with E-state index in [1.165, 1.54) is 0 Å². The topological polar surface area (TPSA) is 54.5 Å². The summed E-state index contributed by atoms with van der Waals surface area (Å²) in [7, 11) is 0. The van der Waals surface area contributed by atoms with E-state index in [9.17, 15) is 0 Å². The van der Waals surface area contributed by atoms with Gasteiger partial charge in [0, 0.05) is 41.1 Å². The van der Waals surface area contributed by atoms with Crippen molar-refractivity contribution in [1.29, 1.82) is 0 Å². The summed E-state index contributed by atoms with van der Waals surface area (Å²) in [5, 5.41) is 2.12. The minimum absolute atomic E-state index is 0.952. The Kier molecular flexibility index (Phi) is 1.53. The van der Waals surface area contributed by atoms with Crippen LogP contribution in [-0.4, -0.2) is 19.9 Å². The van der Waals surface area contributed by atoms with Gasteiger partial charge in [0.1, 0.15) is 0 Å². The molecule has 0 unspecified atom stereocenters. The lowest BCUT2D eigenvalue weighted by atomic mass is 10.1. The highest BCUT2D eigenvalue weighted by molar-refractivity contribution is 5.98. The molecule has 4 nitrogen and oxygen atoms in total. The molecule has 0 fully saturated rings. The second-order valence-electron chi connectivity index (χ2n) is 4.00. The van der Waals surface area contributed by atoms with Crippen LogP contribution in [0.5, 0.6) is 0 Å². The SMILES string of the molecule is c1cc2[nH]c3c4cnccc4nc-3cc2cn1. The third-order valence-corrected chi connectivity index (χ3v) is 2.97. The molecule has 2 aliphatic rings. The lowest BCUT2D eigenvalue weighted by Gasteiger charge is -2.02. The normalized spacial score (nSPS) is 11.5. The lowest BCUT2D eigenvalue weighted by Crippen LogP contribution is -1.86. The first kappa shape index (κ1) is 8.64. The predicted octanol–water partition coefficient (Wildman–Crippen LogP) is 2.61. The van der Waals surface area contributed by atoms with Crippen LogP contribution >= 0.6 is 0 Å². The minimum atomic E-state index is 0.952. The minimum Gasteiger partial charge on any atom is -0.353 e. The molecule has 2 aromatic heterocycles. The van der Waals surface area contributed by atoms with Gasteiger partial charge in [0.15, 0.2) is 0 Å². The van der Waals surface area contributed by atoms with E-state index in [4.69, 9.17) is 0 Å². The zero-order chi connectivity index (χ0) is 11.2. The van der Waals surface area contributed by atoms with Gasteiger partial charge >= 0.3 is 0 Å². The quantitative estimate of drug-likeness (QED) is 0.495. The largest absolute Gasteiger partial charge is 0.353 e. The highest BCUT2D eigenvalue weighted by Crippen LogP contribution is 2.30.